The molecule has 1 heterocycles. The smallest absolute Gasteiger partial charge is 0.109 e. The van der Waals surface area contributed by atoms with Gasteiger partial charge in [-0.1, -0.05) is 42.5 Å². The lowest BCUT2D eigenvalue weighted by molar-refractivity contribution is 0.614. The summed E-state index contributed by atoms with van der Waals surface area (Å²) in [6.45, 7) is 2.99. The zero-order chi connectivity index (χ0) is 11.9. The van der Waals surface area contributed by atoms with Gasteiger partial charge in [-0.05, 0) is 12.5 Å². The van der Waals surface area contributed by atoms with Gasteiger partial charge >= 0.3 is 0 Å². The van der Waals surface area contributed by atoms with E-state index in [-0.39, 0.29) is 0 Å². The molecule has 0 aliphatic heterocycles. The first-order valence-corrected chi connectivity index (χ1v) is 6.58. The average Bonchev–Trinajstić information content (AvgIpc) is 2.89. The van der Waals surface area contributed by atoms with Crippen molar-refractivity contribution in [2.45, 2.75) is 13.0 Å². The van der Waals surface area contributed by atoms with Crippen LogP contribution in [0.2, 0.25) is 0 Å². The molecule has 0 aliphatic rings. The van der Waals surface area contributed by atoms with Gasteiger partial charge in [-0.25, -0.2) is 4.98 Å². The molecule has 88 valence electrons. The highest BCUT2D eigenvalue weighted by Crippen LogP contribution is 2.14. The van der Waals surface area contributed by atoms with Crippen LogP contribution in [-0.2, 0) is 0 Å². The molecule has 0 bridgehead atoms. The summed E-state index contributed by atoms with van der Waals surface area (Å²) in [7, 11) is 0. The Labute approximate surface area is 106 Å². The van der Waals surface area contributed by atoms with Crippen molar-refractivity contribution in [3.05, 3.63) is 58.6 Å². The van der Waals surface area contributed by atoms with E-state index < -0.39 is 0 Å². The number of aromatic nitrogens is 1. The van der Waals surface area contributed by atoms with Crippen molar-refractivity contribution in [1.29, 1.82) is 0 Å². The molecule has 1 unspecified atom stereocenters. The van der Waals surface area contributed by atoms with Crippen molar-refractivity contribution >= 4 is 17.4 Å². The molecule has 0 amide bonds. The number of hydrogen-bond acceptors (Lipinski definition) is 3. The predicted molar refractivity (Wildman–Crippen MR) is 74.0 cm³/mol. The normalized spacial score (nSPS) is 13.0. The lowest BCUT2D eigenvalue weighted by Crippen LogP contribution is -2.18. The first-order valence-electron chi connectivity index (χ1n) is 5.70. The molecule has 2 nitrogen and oxygen atoms in total. The summed E-state index contributed by atoms with van der Waals surface area (Å²) in [6, 6.07) is 10.6. The van der Waals surface area contributed by atoms with Crippen LogP contribution in [0.1, 0.15) is 23.5 Å². The Bertz CT molecular complexity index is 448. The first-order chi connectivity index (χ1) is 8.36. The Morgan fingerprint density at radius 3 is 2.88 bits per heavy atom. The van der Waals surface area contributed by atoms with Crippen LogP contribution < -0.4 is 5.32 Å². The van der Waals surface area contributed by atoms with Gasteiger partial charge in [0.15, 0.2) is 0 Å². The van der Waals surface area contributed by atoms with Gasteiger partial charge in [0.2, 0.25) is 0 Å². The second kappa shape index (κ2) is 6.33. The monoisotopic (exact) mass is 244 g/mol. The fraction of sp³-hybridized carbons (Fsp3) is 0.214. The third-order valence-corrected chi connectivity index (χ3v) is 3.43. The summed E-state index contributed by atoms with van der Waals surface area (Å²) in [5.74, 6) is 0. The fourth-order valence-electron chi connectivity index (χ4n) is 1.54. The second-order valence-corrected chi connectivity index (χ2v) is 4.74. The molecule has 0 saturated heterocycles. The van der Waals surface area contributed by atoms with Gasteiger partial charge in [-0.15, -0.1) is 11.3 Å². The van der Waals surface area contributed by atoms with Gasteiger partial charge < -0.3 is 5.32 Å². The molecule has 0 spiro atoms. The number of hydrogen-bond donors (Lipinski definition) is 1. The molecule has 2 aromatic rings. The Morgan fingerprint density at radius 1 is 1.35 bits per heavy atom. The van der Waals surface area contributed by atoms with E-state index in [4.69, 9.17) is 0 Å². The van der Waals surface area contributed by atoms with E-state index in [1.807, 2.05) is 29.8 Å². The quantitative estimate of drug-likeness (QED) is 0.870. The maximum atomic E-state index is 4.28. The molecule has 1 N–H and O–H groups in total. The van der Waals surface area contributed by atoms with Crippen LogP contribution in [0.4, 0.5) is 0 Å². The molecule has 0 saturated carbocycles. The third-order valence-electron chi connectivity index (χ3n) is 2.47. The van der Waals surface area contributed by atoms with E-state index in [1.54, 1.807) is 11.3 Å². The number of thiazole rings is 1. The van der Waals surface area contributed by atoms with Crippen LogP contribution in [0.5, 0.6) is 0 Å². The fourth-order valence-corrected chi connectivity index (χ4v) is 2.21. The molecule has 0 fully saturated rings. The van der Waals surface area contributed by atoms with Gasteiger partial charge in [0.25, 0.3) is 0 Å². The molecule has 17 heavy (non-hydrogen) atoms. The number of nitrogens with zero attached hydrogens (tertiary/aromatic N) is 1. The van der Waals surface area contributed by atoms with E-state index in [9.17, 15) is 0 Å². The summed E-state index contributed by atoms with van der Waals surface area (Å²) in [5, 5.41) is 6.56. The molecule has 2 rings (SSSR count). The summed E-state index contributed by atoms with van der Waals surface area (Å²) in [5.41, 5.74) is 1.23. The number of rotatable bonds is 5. The molecular formula is C14H16N2S. The van der Waals surface area contributed by atoms with Crippen molar-refractivity contribution in [3.8, 4) is 0 Å². The second-order valence-electron chi connectivity index (χ2n) is 3.81. The van der Waals surface area contributed by atoms with Crippen molar-refractivity contribution < 1.29 is 0 Å². The van der Waals surface area contributed by atoms with Gasteiger partial charge in [0.05, 0.1) is 6.04 Å². The van der Waals surface area contributed by atoms with E-state index >= 15 is 0 Å². The van der Waals surface area contributed by atoms with Crippen molar-refractivity contribution in [1.82, 2.24) is 10.3 Å². The lowest BCUT2D eigenvalue weighted by Gasteiger charge is -2.08. The standard InChI is InChI=1S/C14H16N2S/c1-12(14-16-10-11-17-14)15-9-5-8-13-6-3-2-4-7-13/h2-8,10-12,15H,9H2,1H3. The largest absolute Gasteiger partial charge is 0.305 e. The molecule has 1 aromatic heterocycles. The Hall–Kier alpha value is -1.45. The minimum Gasteiger partial charge on any atom is -0.305 e. The Balaban J connectivity index is 1.78. The summed E-state index contributed by atoms with van der Waals surface area (Å²) in [4.78, 5) is 4.28. The predicted octanol–water partition coefficient (Wildman–Crippen LogP) is 3.51. The van der Waals surface area contributed by atoms with Crippen molar-refractivity contribution in [2.75, 3.05) is 6.54 Å². The van der Waals surface area contributed by atoms with Crippen LogP contribution in [-0.4, -0.2) is 11.5 Å². The van der Waals surface area contributed by atoms with Crippen molar-refractivity contribution in [2.24, 2.45) is 0 Å². The summed E-state index contributed by atoms with van der Waals surface area (Å²) in [6.07, 6.45) is 6.11. The topological polar surface area (TPSA) is 24.9 Å². The van der Waals surface area contributed by atoms with Crippen LogP contribution in [0, 0.1) is 0 Å². The number of benzene rings is 1. The van der Waals surface area contributed by atoms with Crippen LogP contribution in [0.15, 0.2) is 48.0 Å². The summed E-state index contributed by atoms with van der Waals surface area (Å²) < 4.78 is 0. The van der Waals surface area contributed by atoms with E-state index in [0.717, 1.165) is 11.6 Å². The molecule has 0 aliphatic carbocycles. The van der Waals surface area contributed by atoms with Crippen LogP contribution >= 0.6 is 11.3 Å². The van der Waals surface area contributed by atoms with Gasteiger partial charge in [-0.2, -0.15) is 0 Å². The molecule has 0 radical (unpaired) electrons. The van der Waals surface area contributed by atoms with E-state index in [2.05, 4.69) is 41.5 Å². The van der Waals surface area contributed by atoms with Crippen molar-refractivity contribution in [3.63, 3.8) is 0 Å². The number of nitrogens with one attached hydrogen (secondary N) is 1. The summed E-state index contributed by atoms with van der Waals surface area (Å²) >= 11 is 1.69. The first kappa shape index (κ1) is 12.0. The van der Waals surface area contributed by atoms with Gasteiger partial charge in [0, 0.05) is 18.1 Å². The average molecular weight is 244 g/mol. The maximum absolute atomic E-state index is 4.28. The van der Waals surface area contributed by atoms with Crippen LogP contribution in [0.25, 0.3) is 6.08 Å². The maximum Gasteiger partial charge on any atom is 0.109 e. The van der Waals surface area contributed by atoms with Gasteiger partial charge in [0.1, 0.15) is 5.01 Å². The van der Waals surface area contributed by atoms with E-state index in [0.29, 0.717) is 6.04 Å². The van der Waals surface area contributed by atoms with E-state index in [1.165, 1.54) is 5.56 Å². The zero-order valence-electron chi connectivity index (χ0n) is 9.84. The Morgan fingerprint density at radius 2 is 2.18 bits per heavy atom. The molecule has 1 aromatic carbocycles. The molecule has 1 atom stereocenters. The SMILES string of the molecule is CC(NCC=Cc1ccccc1)c1nccs1. The van der Waals surface area contributed by atoms with Crippen LogP contribution in [0.3, 0.4) is 0 Å². The minimum atomic E-state index is 0.315. The highest BCUT2D eigenvalue weighted by atomic mass is 32.1. The molecular weight excluding hydrogens is 228 g/mol. The zero-order valence-corrected chi connectivity index (χ0v) is 10.7. The van der Waals surface area contributed by atoms with Gasteiger partial charge in [-0.3, -0.25) is 0 Å². The molecule has 3 heteroatoms. The lowest BCUT2D eigenvalue weighted by atomic mass is 10.2. The highest BCUT2D eigenvalue weighted by Gasteiger charge is 2.04. The third kappa shape index (κ3) is 3.80. The Kier molecular flexibility index (Phi) is 4.47. The highest BCUT2D eigenvalue weighted by molar-refractivity contribution is 7.09. The minimum absolute atomic E-state index is 0.315.